The van der Waals surface area contributed by atoms with Crippen LogP contribution in [0.3, 0.4) is 0 Å². The van der Waals surface area contributed by atoms with Gasteiger partial charge in [-0.1, -0.05) is 11.6 Å². The van der Waals surface area contributed by atoms with Crippen molar-refractivity contribution in [2.24, 2.45) is 0 Å². The number of aromatic nitrogens is 3. The number of hydrogen-bond donors (Lipinski definition) is 3. The second-order valence-electron chi connectivity index (χ2n) is 3.60. The standard InChI is InChI=1S/C11H10ClN5O2/c1-6(18)16-17-10-13-9(14-11(19)15-10)7-2-4-8(12)5-3-7/h2-5H,1H3,(H,16,18)(H2,13,14,15,17,19). The van der Waals surface area contributed by atoms with Crippen molar-refractivity contribution in [2.75, 3.05) is 5.43 Å². The summed E-state index contributed by atoms with van der Waals surface area (Å²) in [6, 6.07) is 6.32. The molecule has 0 aliphatic rings. The van der Waals surface area contributed by atoms with Crippen molar-refractivity contribution in [1.82, 2.24) is 20.4 Å². The summed E-state index contributed by atoms with van der Waals surface area (Å²) in [6.45, 7) is 1.33. The van der Waals surface area contributed by atoms with E-state index in [0.717, 1.165) is 0 Å². The summed E-state index contributed by atoms with van der Waals surface area (Å²) in [4.78, 5) is 22.3. The molecule has 0 saturated carbocycles. The molecule has 0 radical (unpaired) electrons. The molecule has 1 aromatic heterocycles. The number of amides is 1. The Morgan fingerprint density at radius 2 is 1.89 bits per heavy atom. The predicted molar refractivity (Wildman–Crippen MR) is 69.4 cm³/mol. The number of aromatic hydroxyl groups is 1. The number of carbonyl (C=O) groups is 1. The number of halogens is 1. The maximum absolute atomic E-state index is 10.8. The van der Waals surface area contributed by atoms with Crippen LogP contribution in [0.4, 0.5) is 5.95 Å². The highest BCUT2D eigenvalue weighted by atomic mass is 35.5. The minimum atomic E-state index is -0.451. The van der Waals surface area contributed by atoms with Crippen LogP contribution < -0.4 is 10.9 Å². The lowest BCUT2D eigenvalue weighted by atomic mass is 10.2. The molecule has 2 rings (SSSR count). The van der Waals surface area contributed by atoms with E-state index < -0.39 is 6.01 Å². The first-order valence-electron chi connectivity index (χ1n) is 5.28. The third-order valence-corrected chi connectivity index (χ3v) is 2.33. The van der Waals surface area contributed by atoms with Crippen LogP contribution in [0.2, 0.25) is 5.02 Å². The third-order valence-electron chi connectivity index (χ3n) is 2.08. The van der Waals surface area contributed by atoms with Crippen LogP contribution in [0.5, 0.6) is 6.01 Å². The number of nitrogens with zero attached hydrogens (tertiary/aromatic N) is 3. The van der Waals surface area contributed by atoms with E-state index in [1.54, 1.807) is 24.3 Å². The zero-order chi connectivity index (χ0) is 13.8. The Labute approximate surface area is 113 Å². The van der Waals surface area contributed by atoms with Crippen molar-refractivity contribution in [2.45, 2.75) is 6.92 Å². The molecule has 7 nitrogen and oxygen atoms in total. The van der Waals surface area contributed by atoms with Crippen molar-refractivity contribution in [3.63, 3.8) is 0 Å². The topological polar surface area (TPSA) is 100 Å². The normalized spacial score (nSPS) is 10.0. The molecule has 8 heteroatoms. The Bertz CT molecular complexity index is 603. The number of benzene rings is 1. The van der Waals surface area contributed by atoms with Crippen LogP contribution in [-0.2, 0) is 4.79 Å². The van der Waals surface area contributed by atoms with E-state index in [2.05, 4.69) is 25.8 Å². The summed E-state index contributed by atoms with van der Waals surface area (Å²) in [7, 11) is 0. The Kier molecular flexibility index (Phi) is 3.76. The lowest BCUT2D eigenvalue weighted by Gasteiger charge is -2.06. The zero-order valence-electron chi connectivity index (χ0n) is 9.88. The average Bonchev–Trinajstić information content (AvgIpc) is 2.36. The Balaban J connectivity index is 2.30. The van der Waals surface area contributed by atoms with Crippen LogP contribution in [0.1, 0.15) is 6.92 Å². The first kappa shape index (κ1) is 13.0. The molecule has 0 spiro atoms. The molecule has 1 aromatic carbocycles. The maximum atomic E-state index is 10.8. The van der Waals surface area contributed by atoms with E-state index in [1.807, 2.05) is 0 Å². The van der Waals surface area contributed by atoms with Gasteiger partial charge in [-0.3, -0.25) is 15.6 Å². The maximum Gasteiger partial charge on any atom is 0.319 e. The Hall–Kier alpha value is -2.41. The number of anilines is 1. The molecular weight excluding hydrogens is 270 g/mol. The molecule has 0 bridgehead atoms. The van der Waals surface area contributed by atoms with Gasteiger partial charge in [-0.2, -0.15) is 15.0 Å². The fourth-order valence-corrected chi connectivity index (χ4v) is 1.42. The van der Waals surface area contributed by atoms with Gasteiger partial charge in [0.15, 0.2) is 5.82 Å². The molecule has 19 heavy (non-hydrogen) atoms. The highest BCUT2D eigenvalue weighted by molar-refractivity contribution is 6.30. The summed E-state index contributed by atoms with van der Waals surface area (Å²) in [5.41, 5.74) is 5.42. The van der Waals surface area contributed by atoms with Crippen LogP contribution in [0.25, 0.3) is 11.4 Å². The molecule has 0 fully saturated rings. The molecule has 2 aromatic rings. The summed E-state index contributed by atoms with van der Waals surface area (Å²) in [5, 5.41) is 10.0. The van der Waals surface area contributed by atoms with Crippen molar-refractivity contribution in [3.05, 3.63) is 29.3 Å². The van der Waals surface area contributed by atoms with E-state index in [4.69, 9.17) is 11.6 Å². The van der Waals surface area contributed by atoms with Crippen LogP contribution in [0, 0.1) is 0 Å². The van der Waals surface area contributed by atoms with Gasteiger partial charge in [-0.05, 0) is 24.3 Å². The van der Waals surface area contributed by atoms with Gasteiger partial charge in [0, 0.05) is 17.5 Å². The number of hydrogen-bond acceptors (Lipinski definition) is 6. The summed E-state index contributed by atoms with van der Waals surface area (Å²) in [5.74, 6) is -0.0161. The van der Waals surface area contributed by atoms with Crippen molar-refractivity contribution >= 4 is 23.5 Å². The van der Waals surface area contributed by atoms with Crippen LogP contribution in [-0.4, -0.2) is 26.0 Å². The number of rotatable bonds is 3. The number of carbonyl (C=O) groups excluding carboxylic acids is 1. The van der Waals surface area contributed by atoms with Crippen molar-refractivity contribution in [1.29, 1.82) is 0 Å². The van der Waals surface area contributed by atoms with E-state index in [9.17, 15) is 9.90 Å². The molecule has 0 atom stereocenters. The van der Waals surface area contributed by atoms with Gasteiger partial charge in [0.25, 0.3) is 0 Å². The average molecular weight is 280 g/mol. The fraction of sp³-hybridized carbons (Fsp3) is 0.0909. The van der Waals surface area contributed by atoms with E-state index in [1.165, 1.54) is 6.92 Å². The molecular formula is C11H10ClN5O2. The van der Waals surface area contributed by atoms with Crippen molar-refractivity contribution in [3.8, 4) is 17.4 Å². The zero-order valence-corrected chi connectivity index (χ0v) is 10.6. The van der Waals surface area contributed by atoms with Crippen LogP contribution in [0.15, 0.2) is 24.3 Å². The molecule has 0 unspecified atom stereocenters. The highest BCUT2D eigenvalue weighted by Gasteiger charge is 2.08. The summed E-state index contributed by atoms with van der Waals surface area (Å²) < 4.78 is 0. The summed E-state index contributed by atoms with van der Waals surface area (Å²) >= 11 is 5.78. The van der Waals surface area contributed by atoms with E-state index >= 15 is 0 Å². The van der Waals surface area contributed by atoms with E-state index in [-0.39, 0.29) is 17.7 Å². The largest absolute Gasteiger partial charge is 0.479 e. The lowest BCUT2D eigenvalue weighted by Crippen LogP contribution is -2.27. The van der Waals surface area contributed by atoms with Gasteiger partial charge < -0.3 is 5.11 Å². The highest BCUT2D eigenvalue weighted by Crippen LogP contribution is 2.20. The second-order valence-corrected chi connectivity index (χ2v) is 4.03. The van der Waals surface area contributed by atoms with Gasteiger partial charge in [0.05, 0.1) is 0 Å². The molecule has 0 aliphatic carbocycles. The third kappa shape index (κ3) is 3.52. The molecule has 98 valence electrons. The quantitative estimate of drug-likeness (QED) is 0.734. The minimum absolute atomic E-state index is 0.0349. The number of hydrazine groups is 1. The Morgan fingerprint density at radius 3 is 2.53 bits per heavy atom. The molecule has 1 amide bonds. The van der Waals surface area contributed by atoms with Gasteiger partial charge in [-0.15, -0.1) is 0 Å². The Morgan fingerprint density at radius 1 is 1.21 bits per heavy atom. The summed E-state index contributed by atoms with van der Waals surface area (Å²) in [6.07, 6.45) is 0. The monoisotopic (exact) mass is 279 g/mol. The van der Waals surface area contributed by atoms with E-state index in [0.29, 0.717) is 10.6 Å². The van der Waals surface area contributed by atoms with Crippen molar-refractivity contribution < 1.29 is 9.90 Å². The molecule has 0 saturated heterocycles. The molecule has 0 aliphatic heterocycles. The minimum Gasteiger partial charge on any atom is -0.479 e. The smallest absolute Gasteiger partial charge is 0.319 e. The molecule has 1 heterocycles. The SMILES string of the molecule is CC(=O)NNc1nc(O)nc(-c2ccc(Cl)cc2)n1. The second kappa shape index (κ2) is 5.49. The number of nitrogens with one attached hydrogen (secondary N) is 2. The first-order chi connectivity index (χ1) is 9.04. The lowest BCUT2D eigenvalue weighted by molar-refractivity contribution is -0.118. The van der Waals surface area contributed by atoms with Gasteiger partial charge >= 0.3 is 6.01 Å². The van der Waals surface area contributed by atoms with Crippen LogP contribution >= 0.6 is 11.6 Å². The van der Waals surface area contributed by atoms with Gasteiger partial charge in [-0.25, -0.2) is 0 Å². The first-order valence-corrected chi connectivity index (χ1v) is 5.66. The molecule has 3 N–H and O–H groups in total. The van der Waals surface area contributed by atoms with Gasteiger partial charge in [0.2, 0.25) is 11.9 Å². The van der Waals surface area contributed by atoms with Gasteiger partial charge in [0.1, 0.15) is 0 Å². The predicted octanol–water partition coefficient (Wildman–Crippen LogP) is 1.36. The fourth-order valence-electron chi connectivity index (χ4n) is 1.29.